The van der Waals surface area contributed by atoms with Crippen molar-refractivity contribution in [2.24, 2.45) is 0 Å². The molecule has 2 aromatic rings. The second-order valence-electron chi connectivity index (χ2n) is 3.73. The number of hydrogen-bond donors (Lipinski definition) is 2. The molecule has 108 valence electrons. The van der Waals surface area contributed by atoms with Crippen molar-refractivity contribution in [2.75, 3.05) is 18.9 Å². The molecule has 7 nitrogen and oxygen atoms in total. The standard InChI is InChI=1S/C11H12FN3O4S/c1-18-9-3-8(12)11(4-10(9)19-2)20(16,17)15-7-5-13-14-6-7/h3-6,15H,1-2H3,(H,13,14). The van der Waals surface area contributed by atoms with Gasteiger partial charge in [-0.15, -0.1) is 0 Å². The van der Waals surface area contributed by atoms with Crippen molar-refractivity contribution in [3.8, 4) is 11.5 Å². The lowest BCUT2D eigenvalue weighted by molar-refractivity contribution is 0.350. The molecule has 0 radical (unpaired) electrons. The summed E-state index contributed by atoms with van der Waals surface area (Å²) in [5.74, 6) is -0.729. The molecule has 0 aliphatic carbocycles. The van der Waals surface area contributed by atoms with Gasteiger partial charge in [-0.3, -0.25) is 9.82 Å². The van der Waals surface area contributed by atoms with Gasteiger partial charge in [-0.1, -0.05) is 0 Å². The minimum absolute atomic E-state index is 0.104. The lowest BCUT2D eigenvalue weighted by atomic mass is 10.3. The van der Waals surface area contributed by atoms with Crippen molar-refractivity contribution in [1.29, 1.82) is 0 Å². The first-order valence-corrected chi connectivity index (χ1v) is 6.89. The van der Waals surface area contributed by atoms with E-state index in [1.807, 2.05) is 0 Å². The smallest absolute Gasteiger partial charge is 0.265 e. The Morgan fingerprint density at radius 1 is 1.25 bits per heavy atom. The van der Waals surface area contributed by atoms with Gasteiger partial charge in [0.25, 0.3) is 10.0 Å². The molecule has 0 bridgehead atoms. The number of rotatable bonds is 5. The number of aromatic nitrogens is 2. The van der Waals surface area contributed by atoms with Crippen LogP contribution in [0, 0.1) is 5.82 Å². The summed E-state index contributed by atoms with van der Waals surface area (Å²) >= 11 is 0. The van der Waals surface area contributed by atoms with Crippen LogP contribution in [-0.4, -0.2) is 32.8 Å². The molecule has 0 unspecified atom stereocenters. The Balaban J connectivity index is 2.46. The van der Waals surface area contributed by atoms with Gasteiger partial charge in [-0.2, -0.15) is 5.10 Å². The number of halogens is 1. The van der Waals surface area contributed by atoms with Crippen LogP contribution >= 0.6 is 0 Å². The molecule has 0 spiro atoms. The second-order valence-corrected chi connectivity index (χ2v) is 5.38. The van der Waals surface area contributed by atoms with Gasteiger partial charge < -0.3 is 9.47 Å². The molecule has 20 heavy (non-hydrogen) atoms. The van der Waals surface area contributed by atoms with Gasteiger partial charge in [0, 0.05) is 18.3 Å². The summed E-state index contributed by atoms with van der Waals surface area (Å²) in [6, 6.07) is 2.00. The molecule has 9 heteroatoms. The van der Waals surface area contributed by atoms with E-state index >= 15 is 0 Å². The lowest BCUT2D eigenvalue weighted by Gasteiger charge is -2.11. The van der Waals surface area contributed by atoms with Gasteiger partial charge >= 0.3 is 0 Å². The van der Waals surface area contributed by atoms with E-state index in [2.05, 4.69) is 14.9 Å². The molecule has 0 saturated carbocycles. The van der Waals surface area contributed by atoms with Gasteiger partial charge in [-0.25, -0.2) is 12.8 Å². The summed E-state index contributed by atoms with van der Waals surface area (Å²) in [6.07, 6.45) is 2.59. The van der Waals surface area contributed by atoms with E-state index in [0.717, 1.165) is 12.1 Å². The van der Waals surface area contributed by atoms with E-state index in [4.69, 9.17) is 9.47 Å². The highest BCUT2D eigenvalue weighted by Crippen LogP contribution is 2.32. The zero-order chi connectivity index (χ0) is 14.8. The molecule has 1 aromatic heterocycles. The Kier molecular flexibility index (Phi) is 3.79. The largest absolute Gasteiger partial charge is 0.493 e. The minimum atomic E-state index is -4.09. The fraction of sp³-hybridized carbons (Fsp3) is 0.182. The highest BCUT2D eigenvalue weighted by atomic mass is 32.2. The predicted octanol–water partition coefficient (Wildman–Crippen LogP) is 1.37. The van der Waals surface area contributed by atoms with Gasteiger partial charge in [-0.05, 0) is 0 Å². The molecular formula is C11H12FN3O4S. The summed E-state index contributed by atoms with van der Waals surface area (Å²) in [4.78, 5) is -0.545. The average molecular weight is 301 g/mol. The third kappa shape index (κ3) is 2.67. The number of anilines is 1. The molecule has 0 aliphatic rings. The molecule has 1 aromatic carbocycles. The average Bonchev–Trinajstić information content (AvgIpc) is 2.90. The number of H-pyrrole nitrogens is 1. The molecule has 2 N–H and O–H groups in total. The number of nitrogens with zero attached hydrogens (tertiary/aromatic N) is 1. The van der Waals surface area contributed by atoms with Gasteiger partial charge in [0.2, 0.25) is 0 Å². The van der Waals surface area contributed by atoms with Crippen LogP contribution in [0.15, 0.2) is 29.4 Å². The lowest BCUT2D eigenvalue weighted by Crippen LogP contribution is -2.14. The third-order valence-corrected chi connectivity index (χ3v) is 3.87. The summed E-state index contributed by atoms with van der Waals surface area (Å²) in [7, 11) is -1.43. The van der Waals surface area contributed by atoms with E-state index in [9.17, 15) is 12.8 Å². The highest BCUT2D eigenvalue weighted by Gasteiger charge is 2.23. The summed E-state index contributed by atoms with van der Waals surface area (Å²) < 4.78 is 50.1. The number of hydrogen-bond acceptors (Lipinski definition) is 5. The molecule has 0 fully saturated rings. The quantitative estimate of drug-likeness (QED) is 0.870. The Morgan fingerprint density at radius 2 is 1.90 bits per heavy atom. The maximum Gasteiger partial charge on any atom is 0.265 e. The van der Waals surface area contributed by atoms with Crippen LogP contribution in [0.2, 0.25) is 0 Å². The number of aromatic amines is 1. The number of sulfonamides is 1. The summed E-state index contributed by atoms with van der Waals surface area (Å²) in [5.41, 5.74) is 0.194. The molecule has 2 rings (SSSR count). The number of benzene rings is 1. The van der Waals surface area contributed by atoms with Crippen molar-refractivity contribution in [2.45, 2.75) is 4.90 Å². The van der Waals surface area contributed by atoms with Gasteiger partial charge in [0.15, 0.2) is 11.5 Å². The first-order chi connectivity index (χ1) is 9.47. The van der Waals surface area contributed by atoms with E-state index in [1.165, 1.54) is 26.6 Å². The third-order valence-electron chi connectivity index (χ3n) is 2.48. The van der Waals surface area contributed by atoms with E-state index in [1.54, 1.807) is 0 Å². The molecule has 0 saturated heterocycles. The van der Waals surface area contributed by atoms with E-state index < -0.39 is 20.7 Å². The van der Waals surface area contributed by atoms with Crippen LogP contribution in [-0.2, 0) is 10.0 Å². The second kappa shape index (κ2) is 5.37. The normalized spacial score (nSPS) is 11.2. The number of ether oxygens (including phenoxy) is 2. The zero-order valence-corrected chi connectivity index (χ0v) is 11.5. The van der Waals surface area contributed by atoms with Crippen LogP contribution < -0.4 is 14.2 Å². The monoisotopic (exact) mass is 301 g/mol. The SMILES string of the molecule is COc1cc(F)c(S(=O)(=O)Nc2cn[nH]c2)cc1OC. The number of methoxy groups -OCH3 is 2. The Bertz CT molecular complexity index is 701. The van der Waals surface area contributed by atoms with E-state index in [-0.39, 0.29) is 17.2 Å². The fourth-order valence-electron chi connectivity index (χ4n) is 1.56. The molecule has 0 atom stereocenters. The molecule has 0 aliphatic heterocycles. The van der Waals surface area contributed by atoms with E-state index in [0.29, 0.717) is 0 Å². The Labute approximate surface area is 114 Å². The maximum atomic E-state index is 13.9. The maximum absolute atomic E-state index is 13.9. The van der Waals surface area contributed by atoms with Crippen LogP contribution in [0.1, 0.15) is 0 Å². The predicted molar refractivity (Wildman–Crippen MR) is 68.9 cm³/mol. The first kappa shape index (κ1) is 14.1. The van der Waals surface area contributed by atoms with Crippen LogP contribution in [0.25, 0.3) is 0 Å². The van der Waals surface area contributed by atoms with Crippen LogP contribution in [0.3, 0.4) is 0 Å². The minimum Gasteiger partial charge on any atom is -0.493 e. The van der Waals surface area contributed by atoms with Crippen molar-refractivity contribution < 1.29 is 22.3 Å². The van der Waals surface area contributed by atoms with Gasteiger partial charge in [0.05, 0.1) is 26.1 Å². The fourth-order valence-corrected chi connectivity index (χ4v) is 2.67. The van der Waals surface area contributed by atoms with Crippen molar-refractivity contribution in [3.05, 3.63) is 30.3 Å². The van der Waals surface area contributed by atoms with Crippen molar-refractivity contribution >= 4 is 15.7 Å². The molecular weight excluding hydrogens is 289 g/mol. The Hall–Kier alpha value is -2.29. The summed E-state index contributed by atoms with van der Waals surface area (Å²) in [5, 5.41) is 6.04. The topological polar surface area (TPSA) is 93.3 Å². The van der Waals surface area contributed by atoms with Crippen molar-refractivity contribution in [3.63, 3.8) is 0 Å². The summed E-state index contributed by atoms with van der Waals surface area (Å²) in [6.45, 7) is 0. The first-order valence-electron chi connectivity index (χ1n) is 5.41. The van der Waals surface area contributed by atoms with Crippen molar-refractivity contribution in [1.82, 2.24) is 10.2 Å². The highest BCUT2D eigenvalue weighted by molar-refractivity contribution is 7.92. The van der Waals surface area contributed by atoms with Crippen LogP contribution in [0.4, 0.5) is 10.1 Å². The number of nitrogens with one attached hydrogen (secondary N) is 2. The zero-order valence-electron chi connectivity index (χ0n) is 10.7. The molecule has 1 heterocycles. The van der Waals surface area contributed by atoms with Gasteiger partial charge in [0.1, 0.15) is 10.7 Å². The molecule has 0 amide bonds. The Morgan fingerprint density at radius 3 is 2.45 bits per heavy atom. The van der Waals surface area contributed by atoms with Crippen LogP contribution in [0.5, 0.6) is 11.5 Å².